The van der Waals surface area contributed by atoms with E-state index in [9.17, 15) is 8.78 Å². The maximum atomic E-state index is 13.6. The maximum Gasteiger partial charge on any atom is 0.248 e. The second-order valence-corrected chi connectivity index (χ2v) is 9.73. The van der Waals surface area contributed by atoms with Gasteiger partial charge in [0.05, 0.1) is 5.69 Å². The van der Waals surface area contributed by atoms with Crippen molar-refractivity contribution in [1.29, 1.82) is 0 Å². The molecule has 6 heteroatoms. The van der Waals surface area contributed by atoms with Gasteiger partial charge in [0.15, 0.2) is 0 Å². The Morgan fingerprint density at radius 2 is 1.83 bits per heavy atom. The van der Waals surface area contributed by atoms with E-state index in [1.807, 2.05) is 18.2 Å². The first kappa shape index (κ1) is 20.1. The lowest BCUT2D eigenvalue weighted by atomic mass is 9.86. The molecule has 5 rings (SSSR count). The van der Waals surface area contributed by atoms with Crippen LogP contribution >= 0.6 is 23.4 Å². The van der Waals surface area contributed by atoms with Crippen molar-refractivity contribution in [2.45, 2.75) is 66.7 Å². The summed E-state index contributed by atoms with van der Waals surface area (Å²) in [5, 5.41) is 4.12. The Bertz CT molecular complexity index is 1030. The first-order valence-electron chi connectivity index (χ1n) is 10.5. The zero-order valence-electron chi connectivity index (χ0n) is 16.6. The standard InChI is InChI=1S/C24H23ClF2N2S/c25-23-18-6-1-2-7-20(18)30-21-9-8-16(14-19(21)29-23)22(15-4-3-5-15)28-17-10-12-24(26,27)13-11-17/h1-2,6-9,14,17,28H,3-5,10-13H2. The average Bonchev–Trinajstić information content (AvgIpc) is 2.83. The molecule has 0 radical (unpaired) electrons. The quantitative estimate of drug-likeness (QED) is 0.529. The number of hydrogen-bond acceptors (Lipinski definition) is 3. The van der Waals surface area contributed by atoms with Gasteiger partial charge < -0.3 is 5.32 Å². The number of hydrogen-bond donors (Lipinski definition) is 1. The fraction of sp³-hybridized carbons (Fsp3) is 0.375. The number of rotatable bonds is 3. The van der Waals surface area contributed by atoms with Gasteiger partial charge in [-0.1, -0.05) is 47.6 Å². The molecule has 2 aromatic carbocycles. The molecular formula is C24H23ClF2N2S. The Balaban J connectivity index is 1.46. The molecule has 0 spiro atoms. The summed E-state index contributed by atoms with van der Waals surface area (Å²) < 4.78 is 27.2. The number of nitrogens with zero attached hydrogens (tertiary/aromatic N) is 1. The zero-order chi connectivity index (χ0) is 20.7. The summed E-state index contributed by atoms with van der Waals surface area (Å²) in [5.41, 5.74) is 5.36. The van der Waals surface area contributed by atoms with E-state index in [1.165, 1.54) is 12.0 Å². The normalized spacial score (nSPS) is 20.4. The number of nitrogens with one attached hydrogen (secondary N) is 1. The van der Waals surface area contributed by atoms with Crippen LogP contribution < -0.4 is 5.32 Å². The molecule has 156 valence electrons. The summed E-state index contributed by atoms with van der Waals surface area (Å²) in [7, 11) is 0. The van der Waals surface area contributed by atoms with Crippen LogP contribution in [0.3, 0.4) is 0 Å². The fourth-order valence-corrected chi connectivity index (χ4v) is 5.55. The smallest absolute Gasteiger partial charge is 0.248 e. The van der Waals surface area contributed by atoms with Crippen molar-refractivity contribution in [3.05, 3.63) is 59.2 Å². The van der Waals surface area contributed by atoms with Crippen LogP contribution in [0.2, 0.25) is 0 Å². The van der Waals surface area contributed by atoms with E-state index in [2.05, 4.69) is 29.6 Å². The highest BCUT2D eigenvalue weighted by atomic mass is 35.5. The number of fused-ring (bicyclic) bond motifs is 2. The Morgan fingerprint density at radius 3 is 2.57 bits per heavy atom. The van der Waals surface area contributed by atoms with Crippen molar-refractivity contribution in [2.75, 3.05) is 0 Å². The summed E-state index contributed by atoms with van der Waals surface area (Å²) >= 11 is 8.20. The van der Waals surface area contributed by atoms with Crippen molar-refractivity contribution in [3.63, 3.8) is 0 Å². The van der Waals surface area contributed by atoms with Crippen molar-refractivity contribution >= 4 is 39.9 Å². The van der Waals surface area contributed by atoms with E-state index in [4.69, 9.17) is 16.6 Å². The lowest BCUT2D eigenvalue weighted by molar-refractivity contribution is -0.0392. The molecule has 0 bridgehead atoms. The molecule has 2 nitrogen and oxygen atoms in total. The average molecular weight is 445 g/mol. The first-order valence-corrected chi connectivity index (χ1v) is 11.7. The molecule has 2 aliphatic carbocycles. The highest BCUT2D eigenvalue weighted by Gasteiger charge is 2.35. The van der Waals surface area contributed by atoms with Crippen LogP contribution in [0.4, 0.5) is 14.5 Å². The van der Waals surface area contributed by atoms with Gasteiger partial charge in [-0.05, 0) is 61.4 Å². The molecule has 3 aliphatic rings. The van der Waals surface area contributed by atoms with Crippen molar-refractivity contribution in [2.24, 2.45) is 4.99 Å². The second kappa shape index (κ2) is 8.01. The van der Waals surface area contributed by atoms with Crippen LogP contribution in [-0.4, -0.2) is 17.1 Å². The number of alkyl halides is 2. The Hall–Kier alpha value is -1.85. The summed E-state index contributed by atoms with van der Waals surface area (Å²) in [6.07, 6.45) is 4.24. The first-order chi connectivity index (χ1) is 14.5. The molecule has 0 saturated heterocycles. The minimum absolute atomic E-state index is 0.0354. The predicted octanol–water partition coefficient (Wildman–Crippen LogP) is 7.53. The Morgan fingerprint density at radius 1 is 1.07 bits per heavy atom. The van der Waals surface area contributed by atoms with Crippen LogP contribution in [0, 0.1) is 0 Å². The lowest BCUT2D eigenvalue weighted by Gasteiger charge is -2.32. The molecule has 1 aliphatic heterocycles. The molecule has 2 fully saturated rings. The lowest BCUT2D eigenvalue weighted by Crippen LogP contribution is -2.36. The summed E-state index contributed by atoms with van der Waals surface area (Å²) in [4.78, 5) is 6.87. The van der Waals surface area contributed by atoms with Gasteiger partial charge in [0.2, 0.25) is 5.92 Å². The second-order valence-electron chi connectivity index (χ2n) is 8.29. The van der Waals surface area contributed by atoms with Crippen LogP contribution in [0.1, 0.15) is 56.1 Å². The number of allylic oxidation sites excluding steroid dienone is 1. The highest BCUT2D eigenvalue weighted by molar-refractivity contribution is 7.99. The molecule has 1 N–H and O–H groups in total. The number of benzene rings is 2. The molecule has 0 aromatic heterocycles. The molecule has 0 atom stereocenters. The molecular weight excluding hydrogens is 422 g/mol. The van der Waals surface area contributed by atoms with Gasteiger partial charge in [0.25, 0.3) is 0 Å². The number of aliphatic imine (C=N–C) groups is 1. The van der Waals surface area contributed by atoms with Gasteiger partial charge in [-0.3, -0.25) is 0 Å². The van der Waals surface area contributed by atoms with E-state index in [1.54, 1.807) is 11.8 Å². The van der Waals surface area contributed by atoms with Crippen LogP contribution in [0.5, 0.6) is 0 Å². The third kappa shape index (κ3) is 4.02. The molecule has 1 heterocycles. The predicted molar refractivity (Wildman–Crippen MR) is 120 cm³/mol. The third-order valence-corrected chi connectivity index (χ3v) is 7.60. The van der Waals surface area contributed by atoms with E-state index >= 15 is 0 Å². The van der Waals surface area contributed by atoms with Crippen LogP contribution in [0.25, 0.3) is 5.70 Å². The molecule has 2 aromatic rings. The van der Waals surface area contributed by atoms with E-state index in [0.29, 0.717) is 18.0 Å². The Labute approximate surface area is 184 Å². The molecule has 30 heavy (non-hydrogen) atoms. The maximum absolute atomic E-state index is 13.6. The topological polar surface area (TPSA) is 24.4 Å². The van der Waals surface area contributed by atoms with E-state index in [-0.39, 0.29) is 18.9 Å². The molecule has 2 saturated carbocycles. The van der Waals surface area contributed by atoms with Crippen molar-refractivity contribution in [1.82, 2.24) is 5.32 Å². The monoisotopic (exact) mass is 444 g/mol. The van der Waals surface area contributed by atoms with Gasteiger partial charge in [-0.15, -0.1) is 0 Å². The highest BCUT2D eigenvalue weighted by Crippen LogP contribution is 2.43. The van der Waals surface area contributed by atoms with E-state index < -0.39 is 5.92 Å². The Kier molecular flexibility index (Phi) is 5.36. The molecule has 0 amide bonds. The van der Waals surface area contributed by atoms with Crippen LogP contribution in [0.15, 0.2) is 62.8 Å². The van der Waals surface area contributed by atoms with Crippen molar-refractivity contribution < 1.29 is 8.78 Å². The molecule has 0 unspecified atom stereocenters. The van der Waals surface area contributed by atoms with E-state index in [0.717, 1.165) is 45.1 Å². The van der Waals surface area contributed by atoms with Gasteiger partial charge in [-0.25, -0.2) is 13.8 Å². The van der Waals surface area contributed by atoms with Gasteiger partial charge in [0, 0.05) is 39.9 Å². The minimum Gasteiger partial charge on any atom is -0.382 e. The third-order valence-electron chi connectivity index (χ3n) is 6.17. The zero-order valence-corrected chi connectivity index (χ0v) is 18.1. The summed E-state index contributed by atoms with van der Waals surface area (Å²) in [6, 6.07) is 14.4. The van der Waals surface area contributed by atoms with Gasteiger partial charge >= 0.3 is 0 Å². The number of halogens is 3. The summed E-state index contributed by atoms with van der Waals surface area (Å²) in [6.45, 7) is 0. The fourth-order valence-electron chi connectivity index (χ4n) is 4.24. The minimum atomic E-state index is -2.51. The van der Waals surface area contributed by atoms with Gasteiger partial charge in [-0.2, -0.15) is 0 Å². The largest absolute Gasteiger partial charge is 0.382 e. The van der Waals surface area contributed by atoms with Gasteiger partial charge in [0.1, 0.15) is 5.17 Å². The van der Waals surface area contributed by atoms with Crippen molar-refractivity contribution in [3.8, 4) is 0 Å². The SMILES string of the molecule is FC1(F)CCC(NC(=C2CCC2)c2ccc3c(c2)N=C(Cl)c2ccccc2S3)CC1. The van der Waals surface area contributed by atoms with Crippen LogP contribution in [-0.2, 0) is 0 Å². The summed E-state index contributed by atoms with van der Waals surface area (Å²) in [5.74, 6) is -2.51.